The van der Waals surface area contributed by atoms with Crippen molar-refractivity contribution in [3.63, 3.8) is 0 Å². The molecule has 0 aliphatic carbocycles. The van der Waals surface area contributed by atoms with E-state index in [1.165, 1.54) is 0 Å². The summed E-state index contributed by atoms with van der Waals surface area (Å²) in [6.07, 6.45) is 2.70. The van der Waals surface area contributed by atoms with E-state index in [4.69, 9.17) is 0 Å². The van der Waals surface area contributed by atoms with Crippen molar-refractivity contribution in [2.75, 3.05) is 32.5 Å². The number of likely N-dealkylation sites (N-methyl/N-ethyl adjacent to an activating group) is 2. The van der Waals surface area contributed by atoms with Gasteiger partial charge in [-0.3, -0.25) is 5.32 Å². The van der Waals surface area contributed by atoms with Crippen LogP contribution in [0.3, 0.4) is 0 Å². The van der Waals surface area contributed by atoms with Gasteiger partial charge in [-0.2, -0.15) is 5.10 Å². The van der Waals surface area contributed by atoms with Crippen molar-refractivity contribution in [1.29, 1.82) is 0 Å². The third-order valence-electron chi connectivity index (χ3n) is 4.11. The number of hydrogen-bond donors (Lipinski definition) is 1. The van der Waals surface area contributed by atoms with Gasteiger partial charge in [-0.15, -0.1) is 0 Å². The van der Waals surface area contributed by atoms with Crippen LogP contribution in [0, 0.1) is 0 Å². The van der Waals surface area contributed by atoms with Crippen molar-refractivity contribution in [1.82, 2.24) is 19.6 Å². The lowest BCUT2D eigenvalue weighted by atomic mass is 10.2. The minimum atomic E-state index is -0.0991. The number of aromatic nitrogens is 2. The van der Waals surface area contributed by atoms with E-state index in [2.05, 4.69) is 22.4 Å². The van der Waals surface area contributed by atoms with Crippen LogP contribution in [0.1, 0.15) is 6.42 Å². The summed E-state index contributed by atoms with van der Waals surface area (Å²) < 4.78 is 1.73. The SMILES string of the molecule is CN1CC[C@H](N(C)C(=O)Nc2ccnn2-c2ccccc2)C1. The van der Waals surface area contributed by atoms with E-state index in [0.717, 1.165) is 25.2 Å². The first-order valence-electron chi connectivity index (χ1n) is 7.47. The topological polar surface area (TPSA) is 53.4 Å². The molecule has 2 amide bonds. The Balaban J connectivity index is 1.71. The lowest BCUT2D eigenvalue weighted by molar-refractivity contribution is 0.204. The molecule has 116 valence electrons. The third kappa shape index (κ3) is 2.96. The van der Waals surface area contributed by atoms with Crippen molar-refractivity contribution in [2.45, 2.75) is 12.5 Å². The van der Waals surface area contributed by atoms with Crippen molar-refractivity contribution in [2.24, 2.45) is 0 Å². The molecule has 0 radical (unpaired) electrons. The summed E-state index contributed by atoms with van der Waals surface area (Å²) in [4.78, 5) is 16.5. The highest BCUT2D eigenvalue weighted by atomic mass is 16.2. The molecule has 1 atom stereocenters. The third-order valence-corrected chi connectivity index (χ3v) is 4.11. The molecule has 0 saturated carbocycles. The van der Waals surface area contributed by atoms with Gasteiger partial charge in [-0.05, 0) is 32.1 Å². The van der Waals surface area contributed by atoms with Gasteiger partial charge in [0.1, 0.15) is 5.82 Å². The van der Waals surface area contributed by atoms with Gasteiger partial charge in [0.2, 0.25) is 0 Å². The fraction of sp³-hybridized carbons (Fsp3) is 0.375. The van der Waals surface area contributed by atoms with Crippen molar-refractivity contribution in [3.05, 3.63) is 42.6 Å². The number of rotatable bonds is 3. The molecular formula is C16H21N5O. The minimum absolute atomic E-state index is 0.0991. The smallest absolute Gasteiger partial charge is 0.323 e. The average molecular weight is 299 g/mol. The lowest BCUT2D eigenvalue weighted by Gasteiger charge is -2.24. The maximum atomic E-state index is 12.4. The highest BCUT2D eigenvalue weighted by Gasteiger charge is 2.26. The molecule has 3 rings (SSSR count). The van der Waals surface area contributed by atoms with Crippen molar-refractivity contribution in [3.8, 4) is 5.69 Å². The zero-order chi connectivity index (χ0) is 15.5. The van der Waals surface area contributed by atoms with Crippen molar-refractivity contribution >= 4 is 11.8 Å². The number of benzene rings is 1. The zero-order valence-corrected chi connectivity index (χ0v) is 12.9. The Morgan fingerprint density at radius 3 is 2.77 bits per heavy atom. The zero-order valence-electron chi connectivity index (χ0n) is 12.9. The summed E-state index contributed by atoms with van der Waals surface area (Å²) in [5.41, 5.74) is 0.922. The Morgan fingerprint density at radius 1 is 1.32 bits per heavy atom. The van der Waals surface area contributed by atoms with Crippen LogP contribution >= 0.6 is 0 Å². The molecule has 0 spiro atoms. The van der Waals surface area contributed by atoms with Gasteiger partial charge < -0.3 is 9.80 Å². The molecule has 22 heavy (non-hydrogen) atoms. The molecule has 1 aliphatic heterocycles. The molecule has 0 bridgehead atoms. The molecule has 1 aliphatic rings. The standard InChI is InChI=1S/C16H21N5O/c1-19-11-9-14(12-19)20(2)16(22)18-15-8-10-17-21(15)13-6-4-3-5-7-13/h3-8,10,14H,9,11-12H2,1-2H3,(H,18,22)/t14-/m0/s1. The number of likely N-dealkylation sites (tertiary alicyclic amines) is 1. The van der Waals surface area contributed by atoms with Crippen LogP contribution in [-0.4, -0.2) is 58.8 Å². The molecule has 1 aromatic carbocycles. The summed E-state index contributed by atoms with van der Waals surface area (Å²) in [6.45, 7) is 1.95. The second-order valence-corrected chi connectivity index (χ2v) is 5.71. The first kappa shape index (κ1) is 14.6. The number of nitrogens with one attached hydrogen (secondary N) is 1. The van der Waals surface area contributed by atoms with Crippen LogP contribution in [0.4, 0.5) is 10.6 Å². The predicted octanol–water partition coefficient (Wildman–Crippen LogP) is 2.04. The van der Waals surface area contributed by atoms with Crippen LogP contribution in [0.15, 0.2) is 42.6 Å². The fourth-order valence-corrected chi connectivity index (χ4v) is 2.76. The van der Waals surface area contributed by atoms with Crippen LogP contribution in [-0.2, 0) is 0 Å². The highest BCUT2D eigenvalue weighted by Crippen LogP contribution is 2.17. The number of nitrogens with zero attached hydrogens (tertiary/aromatic N) is 4. The molecule has 1 fully saturated rings. The van der Waals surface area contributed by atoms with E-state index < -0.39 is 0 Å². The Bertz CT molecular complexity index is 639. The number of carbonyl (C=O) groups is 1. The van der Waals surface area contributed by atoms with E-state index in [-0.39, 0.29) is 12.1 Å². The molecule has 2 aromatic rings. The Kier molecular flexibility index (Phi) is 4.11. The second-order valence-electron chi connectivity index (χ2n) is 5.71. The highest BCUT2D eigenvalue weighted by molar-refractivity contribution is 5.88. The molecule has 1 N–H and O–H groups in total. The Labute approximate surface area is 130 Å². The van der Waals surface area contributed by atoms with Gasteiger partial charge in [0.05, 0.1) is 11.9 Å². The summed E-state index contributed by atoms with van der Waals surface area (Å²) in [6, 6.07) is 11.7. The molecule has 6 nitrogen and oxygen atoms in total. The van der Waals surface area contributed by atoms with Gasteiger partial charge in [0, 0.05) is 25.7 Å². The van der Waals surface area contributed by atoms with E-state index in [1.54, 1.807) is 21.8 Å². The minimum Gasteiger partial charge on any atom is -0.323 e. The van der Waals surface area contributed by atoms with E-state index >= 15 is 0 Å². The van der Waals surface area contributed by atoms with Crippen LogP contribution < -0.4 is 5.32 Å². The maximum absolute atomic E-state index is 12.4. The van der Waals surface area contributed by atoms with Crippen LogP contribution in [0.5, 0.6) is 0 Å². The molecular weight excluding hydrogens is 278 g/mol. The van der Waals surface area contributed by atoms with E-state index in [0.29, 0.717) is 5.82 Å². The van der Waals surface area contributed by atoms with E-state index in [9.17, 15) is 4.79 Å². The summed E-state index contributed by atoms with van der Waals surface area (Å²) >= 11 is 0. The van der Waals surface area contributed by atoms with Gasteiger partial charge in [-0.1, -0.05) is 18.2 Å². The summed E-state index contributed by atoms with van der Waals surface area (Å²) in [5, 5.41) is 7.23. The fourth-order valence-electron chi connectivity index (χ4n) is 2.76. The monoisotopic (exact) mass is 299 g/mol. The second kappa shape index (κ2) is 6.19. The number of hydrogen-bond acceptors (Lipinski definition) is 3. The number of carbonyl (C=O) groups excluding carboxylic acids is 1. The summed E-state index contributed by atoms with van der Waals surface area (Å²) in [7, 11) is 3.93. The lowest BCUT2D eigenvalue weighted by Crippen LogP contribution is -2.41. The first-order chi connectivity index (χ1) is 10.6. The largest absolute Gasteiger partial charge is 0.323 e. The molecule has 6 heteroatoms. The quantitative estimate of drug-likeness (QED) is 0.943. The average Bonchev–Trinajstić information content (AvgIpc) is 3.16. The Morgan fingerprint density at radius 2 is 2.09 bits per heavy atom. The predicted molar refractivity (Wildman–Crippen MR) is 86.2 cm³/mol. The Hall–Kier alpha value is -2.34. The number of urea groups is 1. The number of anilines is 1. The number of amides is 2. The van der Waals surface area contributed by atoms with Gasteiger partial charge in [0.15, 0.2) is 0 Å². The van der Waals surface area contributed by atoms with Gasteiger partial charge >= 0.3 is 6.03 Å². The van der Waals surface area contributed by atoms with Gasteiger partial charge in [0.25, 0.3) is 0 Å². The van der Waals surface area contributed by atoms with Crippen LogP contribution in [0.2, 0.25) is 0 Å². The molecule has 2 heterocycles. The normalized spacial score (nSPS) is 18.4. The maximum Gasteiger partial charge on any atom is 0.323 e. The van der Waals surface area contributed by atoms with E-state index in [1.807, 2.05) is 37.4 Å². The molecule has 1 aromatic heterocycles. The number of para-hydroxylation sites is 1. The summed E-state index contributed by atoms with van der Waals surface area (Å²) in [5.74, 6) is 0.675. The van der Waals surface area contributed by atoms with Gasteiger partial charge in [-0.25, -0.2) is 9.48 Å². The van der Waals surface area contributed by atoms with Crippen LogP contribution in [0.25, 0.3) is 5.69 Å². The first-order valence-corrected chi connectivity index (χ1v) is 7.47. The van der Waals surface area contributed by atoms with Crippen molar-refractivity contribution < 1.29 is 4.79 Å². The molecule has 0 unspecified atom stereocenters. The molecule has 1 saturated heterocycles.